The highest BCUT2D eigenvalue weighted by Crippen LogP contribution is 2.66. The van der Waals surface area contributed by atoms with Crippen LogP contribution >= 0.6 is 0 Å². The average molecular weight is 447 g/mol. The molecule has 2 N–H and O–H groups in total. The van der Waals surface area contributed by atoms with Crippen molar-refractivity contribution >= 4 is 0 Å². The minimum absolute atomic E-state index is 0.0886. The fourth-order valence-electron chi connectivity index (χ4n) is 8.46. The smallest absolute Gasteiger partial charge is 0.0650 e. The second-order valence-corrected chi connectivity index (χ2v) is 11.9. The minimum atomic E-state index is -0.255. The Morgan fingerprint density at radius 2 is 1.59 bits per heavy atom. The third-order valence-corrected chi connectivity index (χ3v) is 10.5. The lowest BCUT2D eigenvalue weighted by Crippen LogP contribution is -2.50. The molecule has 0 aromatic heterocycles. The highest BCUT2D eigenvalue weighted by Gasteiger charge is 2.58. The molecule has 0 aliphatic heterocycles. The molecular formula is C30H54O2. The molecule has 0 heterocycles. The number of allylic oxidation sites excluding steroid dienone is 1. The summed E-state index contributed by atoms with van der Waals surface area (Å²) in [5.41, 5.74) is 2.29. The fourth-order valence-corrected chi connectivity index (χ4v) is 8.46. The molecule has 186 valence electrons. The zero-order valence-electron chi connectivity index (χ0n) is 22.3. The van der Waals surface area contributed by atoms with E-state index in [1.807, 2.05) is 27.7 Å². The molecule has 5 aliphatic carbocycles. The molecule has 0 amide bonds. The number of aliphatic hydroxyl groups excluding tert-OH is 1. The van der Waals surface area contributed by atoms with Gasteiger partial charge in [0.25, 0.3) is 0 Å². The number of hydrogen-bond donors (Lipinski definition) is 2. The molecule has 0 radical (unpaired) electrons. The maximum absolute atomic E-state index is 10.2. The Hall–Kier alpha value is -0.340. The Balaban J connectivity index is 0.000000686. The van der Waals surface area contributed by atoms with Crippen LogP contribution in [-0.2, 0) is 0 Å². The Bertz CT molecular complexity index is 635. The van der Waals surface area contributed by atoms with Crippen molar-refractivity contribution in [2.24, 2.45) is 34.5 Å². The normalized spacial score (nSPS) is 43.2. The van der Waals surface area contributed by atoms with E-state index >= 15 is 0 Å². The Labute approximate surface area is 199 Å². The third-order valence-electron chi connectivity index (χ3n) is 10.5. The summed E-state index contributed by atoms with van der Waals surface area (Å²) < 4.78 is 0. The van der Waals surface area contributed by atoms with E-state index in [2.05, 4.69) is 19.9 Å². The molecule has 0 saturated heterocycles. The third kappa shape index (κ3) is 4.88. The van der Waals surface area contributed by atoms with Gasteiger partial charge in [-0.2, -0.15) is 0 Å². The molecule has 4 fully saturated rings. The van der Waals surface area contributed by atoms with Crippen LogP contribution in [0.1, 0.15) is 131 Å². The summed E-state index contributed by atoms with van der Waals surface area (Å²) in [6.07, 6.45) is 19.7. The minimum Gasteiger partial charge on any atom is -0.393 e. The lowest BCUT2D eigenvalue weighted by Gasteiger charge is -2.58. The summed E-state index contributed by atoms with van der Waals surface area (Å²) >= 11 is 0. The van der Waals surface area contributed by atoms with Gasteiger partial charge < -0.3 is 10.2 Å². The maximum Gasteiger partial charge on any atom is 0.0650 e. The van der Waals surface area contributed by atoms with Gasteiger partial charge in [-0.15, -0.1) is 0 Å². The van der Waals surface area contributed by atoms with Crippen LogP contribution in [0, 0.1) is 34.5 Å². The standard InChI is InChI=1S/C26H42O2.2C2H6/c1-24-14-11-23-21(8-6-19-17-20(27)10-13-25(19,23)2)22(24)9-7-18(24)5-3-4-12-26(28)15-16-26;2*1-2/h6,18,20-23,27-28H,3-5,7-17H2,1-2H3;2*1-2H3/t18-,20?,21-,22?,23?,24?,25?;;/m0../s1. The van der Waals surface area contributed by atoms with Crippen LogP contribution in [0.2, 0.25) is 0 Å². The van der Waals surface area contributed by atoms with Gasteiger partial charge in [-0.3, -0.25) is 0 Å². The van der Waals surface area contributed by atoms with E-state index in [0.29, 0.717) is 10.8 Å². The molecule has 2 nitrogen and oxygen atoms in total. The van der Waals surface area contributed by atoms with Gasteiger partial charge in [-0.25, -0.2) is 0 Å². The number of aliphatic hydroxyl groups is 2. The van der Waals surface area contributed by atoms with Crippen molar-refractivity contribution in [3.63, 3.8) is 0 Å². The predicted octanol–water partition coefficient (Wildman–Crippen LogP) is 8.06. The molecule has 4 saturated carbocycles. The van der Waals surface area contributed by atoms with Gasteiger partial charge in [-0.05, 0) is 112 Å². The highest BCUT2D eigenvalue weighted by molar-refractivity contribution is 5.25. The van der Waals surface area contributed by atoms with Gasteiger partial charge in [-0.1, -0.05) is 66.0 Å². The topological polar surface area (TPSA) is 40.5 Å². The zero-order chi connectivity index (χ0) is 23.6. The van der Waals surface area contributed by atoms with Crippen molar-refractivity contribution < 1.29 is 10.2 Å². The summed E-state index contributed by atoms with van der Waals surface area (Å²) in [5.74, 6) is 3.59. The lowest BCUT2D eigenvalue weighted by atomic mass is 9.47. The van der Waals surface area contributed by atoms with Gasteiger partial charge in [0.2, 0.25) is 0 Å². The van der Waals surface area contributed by atoms with E-state index in [9.17, 15) is 10.2 Å². The SMILES string of the molecule is CC.CC.CC12CCC(O)CC1=CC[C@@H]1C2CCC2(C)C1CC[C@@H]2CCCCC1(O)CC1. The molecule has 0 bridgehead atoms. The fraction of sp³-hybridized carbons (Fsp3) is 0.933. The molecule has 5 unspecified atom stereocenters. The average Bonchev–Trinajstić information content (AvgIpc) is 3.44. The predicted molar refractivity (Wildman–Crippen MR) is 137 cm³/mol. The van der Waals surface area contributed by atoms with E-state index in [0.717, 1.165) is 55.8 Å². The first kappa shape index (κ1) is 26.3. The van der Waals surface area contributed by atoms with Crippen molar-refractivity contribution in [2.75, 3.05) is 0 Å². The van der Waals surface area contributed by atoms with Crippen molar-refractivity contribution in [3.05, 3.63) is 11.6 Å². The number of hydrogen-bond acceptors (Lipinski definition) is 2. The van der Waals surface area contributed by atoms with E-state index < -0.39 is 0 Å². The summed E-state index contributed by atoms with van der Waals surface area (Å²) in [4.78, 5) is 0. The van der Waals surface area contributed by atoms with Gasteiger partial charge >= 0.3 is 0 Å². The second kappa shape index (κ2) is 10.5. The molecule has 0 spiro atoms. The monoisotopic (exact) mass is 446 g/mol. The first-order chi connectivity index (χ1) is 15.3. The first-order valence-electron chi connectivity index (χ1n) is 14.4. The summed E-state index contributed by atoms with van der Waals surface area (Å²) in [5, 5.41) is 20.3. The van der Waals surface area contributed by atoms with E-state index in [4.69, 9.17) is 0 Å². The Morgan fingerprint density at radius 3 is 2.28 bits per heavy atom. The van der Waals surface area contributed by atoms with Crippen LogP contribution in [0.4, 0.5) is 0 Å². The van der Waals surface area contributed by atoms with Crippen LogP contribution in [-0.4, -0.2) is 21.9 Å². The summed E-state index contributed by atoms with van der Waals surface area (Å²) in [6.45, 7) is 13.2. The van der Waals surface area contributed by atoms with Gasteiger partial charge in [0.15, 0.2) is 0 Å². The van der Waals surface area contributed by atoms with Crippen LogP contribution in [0.25, 0.3) is 0 Å². The van der Waals surface area contributed by atoms with Gasteiger partial charge in [0.1, 0.15) is 0 Å². The highest BCUT2D eigenvalue weighted by atomic mass is 16.3. The molecule has 5 rings (SSSR count). The van der Waals surface area contributed by atoms with Crippen molar-refractivity contribution in [1.82, 2.24) is 0 Å². The summed E-state index contributed by atoms with van der Waals surface area (Å²) in [6, 6.07) is 0. The zero-order valence-corrected chi connectivity index (χ0v) is 22.3. The first-order valence-corrected chi connectivity index (χ1v) is 14.4. The van der Waals surface area contributed by atoms with Crippen LogP contribution in [0.3, 0.4) is 0 Å². The molecule has 0 aromatic rings. The lowest BCUT2D eigenvalue weighted by molar-refractivity contribution is -0.0509. The van der Waals surface area contributed by atoms with Crippen LogP contribution in [0.15, 0.2) is 11.6 Å². The quantitative estimate of drug-likeness (QED) is 0.331. The number of unbranched alkanes of at least 4 members (excludes halogenated alkanes) is 1. The second-order valence-electron chi connectivity index (χ2n) is 11.9. The molecule has 0 aromatic carbocycles. The van der Waals surface area contributed by atoms with Crippen molar-refractivity contribution in [2.45, 2.75) is 143 Å². The molecule has 5 aliphatic rings. The number of fused-ring (bicyclic) bond motifs is 5. The molecule has 7 atom stereocenters. The molecule has 32 heavy (non-hydrogen) atoms. The Kier molecular flexibility index (Phi) is 8.63. The van der Waals surface area contributed by atoms with Gasteiger partial charge in [0, 0.05) is 0 Å². The largest absolute Gasteiger partial charge is 0.393 e. The van der Waals surface area contributed by atoms with Crippen LogP contribution < -0.4 is 0 Å². The van der Waals surface area contributed by atoms with Crippen molar-refractivity contribution in [3.8, 4) is 0 Å². The van der Waals surface area contributed by atoms with E-state index in [1.54, 1.807) is 5.57 Å². The molecule has 2 heteroatoms. The van der Waals surface area contributed by atoms with Crippen molar-refractivity contribution in [1.29, 1.82) is 0 Å². The van der Waals surface area contributed by atoms with Gasteiger partial charge in [0.05, 0.1) is 11.7 Å². The van der Waals surface area contributed by atoms with E-state index in [1.165, 1.54) is 57.8 Å². The van der Waals surface area contributed by atoms with Crippen LogP contribution in [0.5, 0.6) is 0 Å². The van der Waals surface area contributed by atoms with E-state index in [-0.39, 0.29) is 11.7 Å². The maximum atomic E-state index is 10.2. The Morgan fingerprint density at radius 1 is 0.875 bits per heavy atom. The summed E-state index contributed by atoms with van der Waals surface area (Å²) in [7, 11) is 0. The molecular weight excluding hydrogens is 392 g/mol. The number of rotatable bonds is 5.